The molecule has 0 spiro atoms. The Kier molecular flexibility index (Phi) is 6.46. The largest absolute Gasteiger partial charge is 0.372 e. The van der Waals surface area contributed by atoms with Crippen LogP contribution in [0.1, 0.15) is 38.7 Å². The zero-order valence-electron chi connectivity index (χ0n) is 15.6. The van der Waals surface area contributed by atoms with Crippen LogP contribution in [0.4, 0.5) is 11.4 Å². The summed E-state index contributed by atoms with van der Waals surface area (Å²) >= 11 is 0. The summed E-state index contributed by atoms with van der Waals surface area (Å²) in [5.74, 6) is -0.159. The van der Waals surface area contributed by atoms with Crippen LogP contribution in [0.25, 0.3) is 0 Å². The molecule has 1 aromatic rings. The highest BCUT2D eigenvalue weighted by Crippen LogP contribution is 2.29. The number of nitrogens with zero attached hydrogens (tertiary/aromatic N) is 2. The van der Waals surface area contributed by atoms with Crippen molar-refractivity contribution < 1.29 is 13.2 Å². The van der Waals surface area contributed by atoms with E-state index < -0.39 is 10.0 Å². The van der Waals surface area contributed by atoms with E-state index in [4.69, 9.17) is 0 Å². The highest BCUT2D eigenvalue weighted by molar-refractivity contribution is 7.88. The van der Waals surface area contributed by atoms with E-state index in [0.717, 1.165) is 42.9 Å². The van der Waals surface area contributed by atoms with Gasteiger partial charge in [0, 0.05) is 43.5 Å². The van der Waals surface area contributed by atoms with Gasteiger partial charge in [-0.05, 0) is 57.4 Å². The fourth-order valence-corrected chi connectivity index (χ4v) is 4.16. The Morgan fingerprint density at radius 3 is 2.36 bits per heavy atom. The first-order chi connectivity index (χ1) is 11.8. The molecule has 0 aliphatic heterocycles. The van der Waals surface area contributed by atoms with E-state index in [1.807, 2.05) is 19.1 Å². The van der Waals surface area contributed by atoms with Gasteiger partial charge in [0.05, 0.1) is 6.26 Å². The fourth-order valence-electron chi connectivity index (χ4n) is 2.98. The van der Waals surface area contributed by atoms with Crippen molar-refractivity contribution in [1.29, 1.82) is 0 Å². The van der Waals surface area contributed by atoms with Crippen LogP contribution in [0.3, 0.4) is 0 Å². The van der Waals surface area contributed by atoms with Crippen LogP contribution in [0, 0.1) is 6.92 Å². The van der Waals surface area contributed by atoms with E-state index in [2.05, 4.69) is 30.1 Å². The van der Waals surface area contributed by atoms with Crippen molar-refractivity contribution in [3.05, 3.63) is 23.8 Å². The quantitative estimate of drug-likeness (QED) is 0.728. The summed E-state index contributed by atoms with van der Waals surface area (Å²) in [6.07, 6.45) is 3.15. The van der Waals surface area contributed by atoms with Crippen LogP contribution in [0.15, 0.2) is 18.2 Å². The highest BCUT2D eigenvalue weighted by atomic mass is 32.2. The number of rotatable bonds is 9. The molecule has 1 aliphatic carbocycles. The van der Waals surface area contributed by atoms with Gasteiger partial charge in [0.2, 0.25) is 15.9 Å². The van der Waals surface area contributed by atoms with Gasteiger partial charge in [0.1, 0.15) is 0 Å². The van der Waals surface area contributed by atoms with Crippen LogP contribution >= 0.6 is 0 Å². The molecular formula is C18H29N3O3S. The first-order valence-electron chi connectivity index (χ1n) is 8.88. The number of anilines is 2. The molecule has 1 saturated carbocycles. The van der Waals surface area contributed by atoms with Crippen molar-refractivity contribution in [1.82, 2.24) is 4.31 Å². The Balaban J connectivity index is 1.96. The molecule has 7 heteroatoms. The number of sulfonamides is 1. The van der Waals surface area contributed by atoms with Gasteiger partial charge in [0.25, 0.3) is 0 Å². The fraction of sp³-hybridized carbons (Fsp3) is 0.611. The highest BCUT2D eigenvalue weighted by Gasteiger charge is 2.34. The normalized spacial score (nSPS) is 14.6. The van der Waals surface area contributed by atoms with Crippen LogP contribution < -0.4 is 10.2 Å². The Labute approximate surface area is 151 Å². The molecule has 1 aromatic carbocycles. The van der Waals surface area contributed by atoms with Crippen molar-refractivity contribution in [2.75, 3.05) is 36.1 Å². The minimum atomic E-state index is -3.25. The van der Waals surface area contributed by atoms with E-state index in [9.17, 15) is 13.2 Å². The number of carbonyl (C=O) groups is 1. The second-order valence-corrected chi connectivity index (χ2v) is 8.51. The van der Waals surface area contributed by atoms with Crippen molar-refractivity contribution >= 4 is 27.3 Å². The molecule has 0 heterocycles. The number of nitrogens with one attached hydrogen (secondary N) is 1. The van der Waals surface area contributed by atoms with E-state index >= 15 is 0 Å². The number of benzene rings is 1. The number of hydrogen-bond acceptors (Lipinski definition) is 4. The van der Waals surface area contributed by atoms with Crippen molar-refractivity contribution in [3.8, 4) is 0 Å². The summed E-state index contributed by atoms with van der Waals surface area (Å²) in [4.78, 5) is 14.5. The molecule has 1 amide bonds. The summed E-state index contributed by atoms with van der Waals surface area (Å²) < 4.78 is 25.0. The average molecular weight is 368 g/mol. The molecule has 6 nitrogen and oxygen atoms in total. The minimum absolute atomic E-state index is 0.0814. The van der Waals surface area contributed by atoms with Crippen LogP contribution in [-0.4, -0.2) is 50.6 Å². The molecule has 0 aromatic heterocycles. The maximum Gasteiger partial charge on any atom is 0.225 e. The molecule has 0 saturated heterocycles. The standard InChI is InChI=1S/C18H29N3O3S/c1-5-20(6-2)16-9-10-17(14(3)13-16)19-18(22)11-12-21(15-7-8-15)25(4,23)24/h9-10,13,15H,5-8,11-12H2,1-4H3,(H,19,22). The summed E-state index contributed by atoms with van der Waals surface area (Å²) in [7, 11) is -3.25. The van der Waals surface area contributed by atoms with E-state index in [1.165, 1.54) is 10.6 Å². The van der Waals surface area contributed by atoms with Crippen molar-refractivity contribution in [2.45, 2.75) is 46.1 Å². The molecule has 1 N–H and O–H groups in total. The molecule has 0 bridgehead atoms. The number of amides is 1. The zero-order chi connectivity index (χ0) is 18.6. The van der Waals surface area contributed by atoms with Crippen LogP contribution in [-0.2, 0) is 14.8 Å². The first-order valence-corrected chi connectivity index (χ1v) is 10.7. The molecular weight excluding hydrogens is 338 g/mol. The smallest absolute Gasteiger partial charge is 0.225 e. The van der Waals surface area contributed by atoms with Crippen LogP contribution in [0.2, 0.25) is 0 Å². The first kappa shape index (κ1) is 19.7. The van der Waals surface area contributed by atoms with Crippen molar-refractivity contribution in [3.63, 3.8) is 0 Å². The average Bonchev–Trinajstić information content (AvgIpc) is 3.34. The second-order valence-electron chi connectivity index (χ2n) is 6.57. The van der Waals surface area contributed by atoms with Gasteiger partial charge in [0.15, 0.2) is 0 Å². The van der Waals surface area contributed by atoms with Gasteiger partial charge < -0.3 is 10.2 Å². The predicted octanol–water partition coefficient (Wildman–Crippen LogP) is 2.59. The third-order valence-electron chi connectivity index (χ3n) is 4.55. The number of aryl methyl sites for hydroxylation is 1. The summed E-state index contributed by atoms with van der Waals surface area (Å²) in [6, 6.07) is 6.06. The molecule has 1 fully saturated rings. The lowest BCUT2D eigenvalue weighted by Gasteiger charge is -2.22. The van der Waals surface area contributed by atoms with Crippen LogP contribution in [0.5, 0.6) is 0 Å². The molecule has 140 valence electrons. The maximum absolute atomic E-state index is 12.2. The Bertz CT molecular complexity index is 710. The Morgan fingerprint density at radius 1 is 1.24 bits per heavy atom. The van der Waals surface area contributed by atoms with Gasteiger partial charge in [-0.25, -0.2) is 8.42 Å². The topological polar surface area (TPSA) is 69.7 Å². The van der Waals surface area contributed by atoms with Gasteiger partial charge in [-0.3, -0.25) is 4.79 Å². The third-order valence-corrected chi connectivity index (χ3v) is 5.88. The third kappa shape index (κ3) is 5.44. The van der Waals surface area contributed by atoms with Gasteiger partial charge in [-0.2, -0.15) is 4.31 Å². The monoisotopic (exact) mass is 367 g/mol. The summed E-state index contributed by atoms with van der Waals surface area (Å²) in [6.45, 7) is 8.31. The minimum Gasteiger partial charge on any atom is -0.372 e. The second kappa shape index (κ2) is 8.19. The molecule has 0 unspecified atom stereocenters. The Morgan fingerprint density at radius 2 is 1.88 bits per heavy atom. The molecule has 2 rings (SSSR count). The number of hydrogen-bond donors (Lipinski definition) is 1. The Hall–Kier alpha value is -1.60. The molecule has 0 radical (unpaired) electrons. The number of carbonyl (C=O) groups excluding carboxylic acids is 1. The van der Waals surface area contributed by atoms with Gasteiger partial charge >= 0.3 is 0 Å². The molecule has 25 heavy (non-hydrogen) atoms. The van der Waals surface area contributed by atoms with E-state index in [-0.39, 0.29) is 24.9 Å². The zero-order valence-corrected chi connectivity index (χ0v) is 16.4. The van der Waals surface area contributed by atoms with Gasteiger partial charge in [-0.15, -0.1) is 0 Å². The lowest BCUT2D eigenvalue weighted by molar-refractivity contribution is -0.116. The van der Waals surface area contributed by atoms with E-state index in [0.29, 0.717) is 0 Å². The van der Waals surface area contributed by atoms with E-state index in [1.54, 1.807) is 0 Å². The predicted molar refractivity (Wildman–Crippen MR) is 103 cm³/mol. The maximum atomic E-state index is 12.2. The lowest BCUT2D eigenvalue weighted by Crippen LogP contribution is -2.34. The van der Waals surface area contributed by atoms with Gasteiger partial charge in [-0.1, -0.05) is 0 Å². The summed E-state index contributed by atoms with van der Waals surface area (Å²) in [5.41, 5.74) is 2.91. The SMILES string of the molecule is CCN(CC)c1ccc(NC(=O)CCN(C2CC2)S(C)(=O)=O)c(C)c1. The lowest BCUT2D eigenvalue weighted by atomic mass is 10.1. The molecule has 0 atom stereocenters. The molecule has 1 aliphatic rings. The van der Waals surface area contributed by atoms with Crippen molar-refractivity contribution in [2.24, 2.45) is 0 Å². The summed E-state index contributed by atoms with van der Waals surface area (Å²) in [5, 5.41) is 2.90.